The maximum atomic E-state index is 13.5. The number of H-pyrrole nitrogens is 1. The first-order chi connectivity index (χ1) is 13.1. The molecule has 136 valence electrons. The molecule has 5 rings (SSSR count). The van der Waals surface area contributed by atoms with E-state index in [1.54, 1.807) is 23.2 Å². The van der Waals surface area contributed by atoms with Crippen molar-refractivity contribution in [2.75, 3.05) is 12.4 Å². The highest BCUT2D eigenvalue weighted by Crippen LogP contribution is 2.46. The molecule has 0 aliphatic carbocycles. The van der Waals surface area contributed by atoms with Crippen LogP contribution in [0.2, 0.25) is 0 Å². The standard InChI is InChI=1S/C19H17FN6O/c1-26-9-14(22-25-26)16-17(10-5-7-11(20)8-6-10)21-13-4-2-3-12-15(13)18(16)23-24-19(12)27/h2-9,16-17,21-22,25H,1H3,(H,24,27). The Bertz CT molecular complexity index is 1120. The van der Waals surface area contributed by atoms with Crippen LogP contribution in [0.1, 0.15) is 23.2 Å². The summed E-state index contributed by atoms with van der Waals surface area (Å²) in [5.41, 5.74) is 9.39. The van der Waals surface area contributed by atoms with E-state index in [-0.39, 0.29) is 23.3 Å². The van der Waals surface area contributed by atoms with Crippen molar-refractivity contribution in [2.45, 2.75) is 12.0 Å². The summed E-state index contributed by atoms with van der Waals surface area (Å²) in [6.07, 6.45) is 1.94. The van der Waals surface area contributed by atoms with Crippen molar-refractivity contribution >= 4 is 16.5 Å². The molecule has 4 N–H and O–H groups in total. The molecular formula is C19H17FN6O. The lowest BCUT2D eigenvalue weighted by Crippen LogP contribution is -2.37. The van der Waals surface area contributed by atoms with Gasteiger partial charge in [0, 0.05) is 24.3 Å². The van der Waals surface area contributed by atoms with Crippen LogP contribution in [0.3, 0.4) is 0 Å². The smallest absolute Gasteiger partial charge is 0.272 e. The van der Waals surface area contributed by atoms with Crippen molar-refractivity contribution in [3.63, 3.8) is 0 Å². The topological polar surface area (TPSA) is 85.1 Å². The number of hydrogen-bond acceptors (Lipinski definition) is 6. The summed E-state index contributed by atoms with van der Waals surface area (Å²) in [5, 5.41) is 13.7. The molecule has 0 spiro atoms. The third kappa shape index (κ3) is 2.45. The van der Waals surface area contributed by atoms with Crippen LogP contribution in [0, 0.1) is 5.82 Å². The fraction of sp³-hybridized carbons (Fsp3) is 0.158. The van der Waals surface area contributed by atoms with Crippen molar-refractivity contribution in [3.8, 4) is 0 Å². The lowest BCUT2D eigenvalue weighted by Gasteiger charge is -2.34. The summed E-state index contributed by atoms with van der Waals surface area (Å²) in [4.78, 5) is 12.3. The summed E-state index contributed by atoms with van der Waals surface area (Å²) in [5.74, 6) is -0.488. The van der Waals surface area contributed by atoms with E-state index >= 15 is 0 Å². The van der Waals surface area contributed by atoms with Crippen molar-refractivity contribution in [3.05, 3.63) is 81.8 Å². The Morgan fingerprint density at radius 2 is 1.96 bits per heavy atom. The Morgan fingerprint density at radius 1 is 1.15 bits per heavy atom. The number of hydrogen-bond donors (Lipinski definition) is 4. The molecule has 2 unspecified atom stereocenters. The van der Waals surface area contributed by atoms with Gasteiger partial charge in [-0.1, -0.05) is 18.2 Å². The average molecular weight is 364 g/mol. The lowest BCUT2D eigenvalue weighted by molar-refractivity contribution is 0.324. The Morgan fingerprint density at radius 3 is 2.70 bits per heavy atom. The van der Waals surface area contributed by atoms with Gasteiger partial charge in [-0.25, -0.2) is 9.49 Å². The van der Waals surface area contributed by atoms with E-state index < -0.39 is 0 Å². The van der Waals surface area contributed by atoms with E-state index in [9.17, 15) is 9.18 Å². The minimum atomic E-state index is -0.282. The normalized spacial score (nSPS) is 21.0. The Kier molecular flexibility index (Phi) is 3.41. The second-order valence-corrected chi connectivity index (χ2v) is 6.75. The fourth-order valence-corrected chi connectivity index (χ4v) is 3.86. The van der Waals surface area contributed by atoms with Crippen molar-refractivity contribution in [1.29, 1.82) is 0 Å². The zero-order valence-electron chi connectivity index (χ0n) is 14.5. The van der Waals surface area contributed by atoms with Gasteiger partial charge in [-0.15, -0.1) is 5.53 Å². The van der Waals surface area contributed by atoms with Gasteiger partial charge in [-0.3, -0.25) is 9.80 Å². The van der Waals surface area contributed by atoms with E-state index in [1.807, 2.05) is 25.4 Å². The number of halogens is 1. The monoisotopic (exact) mass is 364 g/mol. The molecule has 0 bridgehead atoms. The molecule has 7 nitrogen and oxygen atoms in total. The Balaban J connectivity index is 1.75. The third-order valence-corrected chi connectivity index (χ3v) is 5.06. The maximum Gasteiger partial charge on any atom is 0.272 e. The molecule has 0 saturated carbocycles. The molecule has 0 fully saturated rings. The molecule has 1 aromatic heterocycles. The van der Waals surface area contributed by atoms with Crippen LogP contribution in [0.5, 0.6) is 0 Å². The van der Waals surface area contributed by atoms with Crippen LogP contribution in [-0.2, 0) is 0 Å². The second-order valence-electron chi connectivity index (χ2n) is 6.75. The number of benzene rings is 2. The first-order valence-electron chi connectivity index (χ1n) is 8.61. The minimum Gasteiger partial charge on any atom is -0.377 e. The Hall–Kier alpha value is -3.39. The summed E-state index contributed by atoms with van der Waals surface area (Å²) >= 11 is 0. The average Bonchev–Trinajstić information content (AvgIpc) is 3.10. The second kappa shape index (κ2) is 5.82. The summed E-state index contributed by atoms with van der Waals surface area (Å²) in [7, 11) is 1.88. The van der Waals surface area contributed by atoms with Gasteiger partial charge in [0.1, 0.15) is 5.82 Å². The molecule has 0 radical (unpaired) electrons. The highest BCUT2D eigenvalue weighted by molar-refractivity contribution is 5.97. The number of nitrogens with zero attached hydrogens (tertiary/aromatic N) is 2. The van der Waals surface area contributed by atoms with Gasteiger partial charge in [0.05, 0.1) is 28.7 Å². The van der Waals surface area contributed by atoms with Crippen LogP contribution >= 0.6 is 0 Å². The molecule has 2 atom stereocenters. The quantitative estimate of drug-likeness (QED) is 0.557. The van der Waals surface area contributed by atoms with E-state index in [4.69, 9.17) is 0 Å². The molecule has 2 aliphatic heterocycles. The van der Waals surface area contributed by atoms with Gasteiger partial charge in [0.2, 0.25) is 0 Å². The third-order valence-electron chi connectivity index (χ3n) is 5.06. The first-order valence-corrected chi connectivity index (χ1v) is 8.61. The zero-order valence-corrected chi connectivity index (χ0v) is 14.5. The van der Waals surface area contributed by atoms with Crippen LogP contribution in [0.4, 0.5) is 10.1 Å². The van der Waals surface area contributed by atoms with Crippen LogP contribution in [0.25, 0.3) is 10.8 Å². The molecule has 8 heteroatoms. The van der Waals surface area contributed by atoms with Crippen LogP contribution < -0.4 is 21.8 Å². The molecule has 0 saturated heterocycles. The lowest BCUT2D eigenvalue weighted by atomic mass is 9.82. The number of nitrogens with one attached hydrogen (secondary N) is 4. The van der Waals surface area contributed by atoms with Gasteiger partial charge in [0.15, 0.2) is 0 Å². The molecular weight excluding hydrogens is 347 g/mol. The Labute approximate surface area is 153 Å². The van der Waals surface area contributed by atoms with Crippen LogP contribution in [-0.4, -0.2) is 22.3 Å². The summed E-state index contributed by atoms with van der Waals surface area (Å²) in [6.45, 7) is 0. The predicted octanol–water partition coefficient (Wildman–Crippen LogP) is 2.11. The van der Waals surface area contributed by atoms with Crippen molar-refractivity contribution in [2.24, 2.45) is 0 Å². The minimum absolute atomic E-state index is 0.186. The van der Waals surface area contributed by atoms with Gasteiger partial charge in [-0.2, -0.15) is 5.10 Å². The van der Waals surface area contributed by atoms with Gasteiger partial charge < -0.3 is 10.7 Å². The van der Waals surface area contributed by atoms with E-state index in [2.05, 4.69) is 26.5 Å². The number of rotatable bonds is 2. The first kappa shape index (κ1) is 15.8. The van der Waals surface area contributed by atoms with Gasteiger partial charge in [-0.05, 0) is 29.8 Å². The fourth-order valence-electron chi connectivity index (χ4n) is 3.86. The molecule has 2 aliphatic rings. The molecule has 3 aromatic rings. The van der Waals surface area contributed by atoms with Crippen LogP contribution in [0.15, 0.2) is 59.2 Å². The highest BCUT2D eigenvalue weighted by Gasteiger charge is 2.37. The number of hydrazine groups is 2. The molecule has 0 amide bonds. The number of aromatic amines is 1. The van der Waals surface area contributed by atoms with Gasteiger partial charge >= 0.3 is 0 Å². The molecule has 27 heavy (non-hydrogen) atoms. The van der Waals surface area contributed by atoms with E-state index in [0.29, 0.717) is 5.39 Å². The van der Waals surface area contributed by atoms with Crippen molar-refractivity contribution in [1.82, 2.24) is 26.2 Å². The summed E-state index contributed by atoms with van der Waals surface area (Å²) in [6, 6.07) is 11.8. The van der Waals surface area contributed by atoms with E-state index in [0.717, 1.165) is 28.0 Å². The number of anilines is 1. The zero-order chi connectivity index (χ0) is 18.5. The predicted molar refractivity (Wildman–Crippen MR) is 100.0 cm³/mol. The number of aromatic nitrogens is 2. The van der Waals surface area contributed by atoms with E-state index in [1.165, 1.54) is 12.1 Å². The SMILES string of the molecule is CN1C=C(C2c3n[nH]c(=O)c4cccc(c34)NC2c2ccc(F)cc2)NN1. The van der Waals surface area contributed by atoms with Gasteiger partial charge in [0.25, 0.3) is 5.56 Å². The summed E-state index contributed by atoms with van der Waals surface area (Å²) < 4.78 is 13.5. The molecule has 3 heterocycles. The highest BCUT2D eigenvalue weighted by atomic mass is 19.1. The molecule has 2 aromatic carbocycles. The largest absolute Gasteiger partial charge is 0.377 e. The maximum absolute atomic E-state index is 13.5. The van der Waals surface area contributed by atoms with Crippen molar-refractivity contribution < 1.29 is 4.39 Å².